The van der Waals surface area contributed by atoms with Crippen molar-refractivity contribution in [1.82, 2.24) is 4.98 Å². The maximum atomic E-state index is 9.86. The minimum atomic E-state index is -0.378. The molecule has 0 saturated heterocycles. The number of aromatic nitrogens is 1. The third-order valence-corrected chi connectivity index (χ3v) is 3.24. The zero-order valence-electron chi connectivity index (χ0n) is 8.91. The molecular weight excluding hydrogens is 198 g/mol. The van der Waals surface area contributed by atoms with E-state index in [2.05, 4.69) is 4.98 Å². The highest BCUT2D eigenvalue weighted by Crippen LogP contribution is 2.27. The quantitative estimate of drug-likeness (QED) is 0.766. The lowest BCUT2D eigenvalue weighted by Gasteiger charge is -2.08. The van der Waals surface area contributed by atoms with Gasteiger partial charge in [0.1, 0.15) is 0 Å². The van der Waals surface area contributed by atoms with Gasteiger partial charge in [-0.05, 0) is 26.7 Å². The number of nitrogens with zero attached hydrogens (tertiary/aromatic N) is 1. The molecule has 0 fully saturated rings. The van der Waals surface area contributed by atoms with E-state index >= 15 is 0 Å². The fourth-order valence-electron chi connectivity index (χ4n) is 1.41. The Labute approximate surface area is 88.8 Å². The summed E-state index contributed by atoms with van der Waals surface area (Å²) in [5, 5.41) is 10.9. The Morgan fingerprint density at radius 1 is 1.50 bits per heavy atom. The van der Waals surface area contributed by atoms with Crippen molar-refractivity contribution in [2.75, 3.05) is 13.7 Å². The molecular formula is C10H17NO2S. The predicted octanol–water partition coefficient (Wildman–Crippen LogP) is 2.22. The van der Waals surface area contributed by atoms with E-state index in [1.54, 1.807) is 18.4 Å². The van der Waals surface area contributed by atoms with Gasteiger partial charge in [0.15, 0.2) is 0 Å². The first-order valence-electron chi connectivity index (χ1n) is 4.76. The number of ether oxygens (including phenoxy) is 1. The molecule has 1 unspecified atom stereocenters. The van der Waals surface area contributed by atoms with Crippen molar-refractivity contribution in [3.05, 3.63) is 15.6 Å². The maximum absolute atomic E-state index is 9.86. The van der Waals surface area contributed by atoms with Crippen molar-refractivity contribution in [2.24, 2.45) is 0 Å². The minimum Gasteiger partial charge on any atom is -0.388 e. The molecule has 0 radical (unpaired) electrons. The number of hydrogen-bond acceptors (Lipinski definition) is 4. The van der Waals surface area contributed by atoms with Gasteiger partial charge in [-0.25, -0.2) is 4.98 Å². The standard InChI is InChI=1S/C10H17NO2S/c1-7-10(14-8(2)11-7)9(12)5-4-6-13-3/h9,12H,4-6H2,1-3H3. The summed E-state index contributed by atoms with van der Waals surface area (Å²) in [5.41, 5.74) is 0.956. The Morgan fingerprint density at radius 2 is 2.21 bits per heavy atom. The fraction of sp³-hybridized carbons (Fsp3) is 0.700. The van der Waals surface area contributed by atoms with Gasteiger partial charge in [0, 0.05) is 13.7 Å². The van der Waals surface area contributed by atoms with Crippen molar-refractivity contribution in [3.8, 4) is 0 Å². The molecule has 1 aromatic rings. The van der Waals surface area contributed by atoms with Gasteiger partial charge < -0.3 is 9.84 Å². The van der Waals surface area contributed by atoms with E-state index < -0.39 is 0 Å². The van der Waals surface area contributed by atoms with Gasteiger partial charge in [0.2, 0.25) is 0 Å². The number of methoxy groups -OCH3 is 1. The number of rotatable bonds is 5. The molecule has 4 heteroatoms. The lowest BCUT2D eigenvalue weighted by atomic mass is 10.1. The second-order valence-corrected chi connectivity index (χ2v) is 4.57. The Morgan fingerprint density at radius 3 is 2.71 bits per heavy atom. The topological polar surface area (TPSA) is 42.4 Å². The molecule has 1 heterocycles. The number of hydrogen-bond donors (Lipinski definition) is 1. The van der Waals surface area contributed by atoms with Crippen LogP contribution in [0.15, 0.2) is 0 Å². The Balaban J connectivity index is 2.51. The summed E-state index contributed by atoms with van der Waals surface area (Å²) < 4.78 is 4.94. The summed E-state index contributed by atoms with van der Waals surface area (Å²) in [6, 6.07) is 0. The molecule has 0 aliphatic heterocycles. The van der Waals surface area contributed by atoms with E-state index in [-0.39, 0.29) is 6.10 Å². The summed E-state index contributed by atoms with van der Waals surface area (Å²) in [6.45, 7) is 4.61. The molecule has 0 aliphatic carbocycles. The zero-order valence-corrected chi connectivity index (χ0v) is 9.73. The number of aliphatic hydroxyl groups excluding tert-OH is 1. The fourth-order valence-corrected chi connectivity index (χ4v) is 2.36. The highest BCUT2D eigenvalue weighted by Gasteiger charge is 2.13. The molecule has 3 nitrogen and oxygen atoms in total. The van der Waals surface area contributed by atoms with Gasteiger partial charge in [0.25, 0.3) is 0 Å². The molecule has 1 atom stereocenters. The molecule has 0 aliphatic rings. The lowest BCUT2D eigenvalue weighted by Crippen LogP contribution is -1.99. The van der Waals surface area contributed by atoms with Gasteiger partial charge in [-0.2, -0.15) is 0 Å². The van der Waals surface area contributed by atoms with E-state index in [4.69, 9.17) is 4.74 Å². The first-order chi connectivity index (χ1) is 6.65. The minimum absolute atomic E-state index is 0.378. The monoisotopic (exact) mass is 215 g/mol. The van der Waals surface area contributed by atoms with Crippen LogP contribution in [0, 0.1) is 13.8 Å². The summed E-state index contributed by atoms with van der Waals surface area (Å²) >= 11 is 1.58. The maximum Gasteiger partial charge on any atom is 0.0901 e. The van der Waals surface area contributed by atoms with Crippen molar-refractivity contribution < 1.29 is 9.84 Å². The third kappa shape index (κ3) is 3.04. The average Bonchev–Trinajstić information content (AvgIpc) is 2.45. The Kier molecular flexibility index (Phi) is 4.51. The molecule has 0 aromatic carbocycles. The summed E-state index contributed by atoms with van der Waals surface area (Å²) in [7, 11) is 1.68. The molecule has 0 saturated carbocycles. The predicted molar refractivity (Wildman–Crippen MR) is 57.7 cm³/mol. The van der Waals surface area contributed by atoms with Crippen LogP contribution in [-0.2, 0) is 4.74 Å². The molecule has 80 valence electrons. The van der Waals surface area contributed by atoms with Crippen molar-refractivity contribution in [1.29, 1.82) is 0 Å². The van der Waals surface area contributed by atoms with Gasteiger partial charge in [0.05, 0.1) is 21.7 Å². The summed E-state index contributed by atoms with van der Waals surface area (Å²) in [5.74, 6) is 0. The normalized spacial score (nSPS) is 13.1. The van der Waals surface area contributed by atoms with Crippen LogP contribution in [0.5, 0.6) is 0 Å². The van der Waals surface area contributed by atoms with Crippen LogP contribution in [-0.4, -0.2) is 23.8 Å². The highest BCUT2D eigenvalue weighted by atomic mass is 32.1. The highest BCUT2D eigenvalue weighted by molar-refractivity contribution is 7.11. The second kappa shape index (κ2) is 5.44. The van der Waals surface area contributed by atoms with Crippen LogP contribution in [0.3, 0.4) is 0 Å². The first kappa shape index (κ1) is 11.6. The molecule has 1 aromatic heterocycles. The van der Waals surface area contributed by atoms with Crippen molar-refractivity contribution in [3.63, 3.8) is 0 Å². The van der Waals surface area contributed by atoms with E-state index in [9.17, 15) is 5.11 Å². The van der Waals surface area contributed by atoms with Gasteiger partial charge >= 0.3 is 0 Å². The second-order valence-electron chi connectivity index (χ2n) is 3.33. The molecule has 0 spiro atoms. The number of aryl methyl sites for hydroxylation is 2. The first-order valence-corrected chi connectivity index (χ1v) is 5.57. The van der Waals surface area contributed by atoms with Crippen LogP contribution in [0.2, 0.25) is 0 Å². The van der Waals surface area contributed by atoms with Crippen LogP contribution in [0.4, 0.5) is 0 Å². The van der Waals surface area contributed by atoms with E-state index in [1.807, 2.05) is 13.8 Å². The smallest absolute Gasteiger partial charge is 0.0901 e. The van der Waals surface area contributed by atoms with Crippen LogP contribution in [0.25, 0.3) is 0 Å². The zero-order chi connectivity index (χ0) is 10.6. The number of aliphatic hydroxyl groups is 1. The van der Waals surface area contributed by atoms with Gasteiger partial charge in [-0.15, -0.1) is 11.3 Å². The van der Waals surface area contributed by atoms with E-state index in [1.165, 1.54) is 0 Å². The molecule has 1 N–H and O–H groups in total. The average molecular weight is 215 g/mol. The Hall–Kier alpha value is -0.450. The van der Waals surface area contributed by atoms with Crippen LogP contribution in [0.1, 0.15) is 34.5 Å². The van der Waals surface area contributed by atoms with Crippen molar-refractivity contribution in [2.45, 2.75) is 32.8 Å². The molecule has 0 amide bonds. The van der Waals surface area contributed by atoms with E-state index in [0.717, 1.165) is 28.4 Å². The van der Waals surface area contributed by atoms with E-state index in [0.29, 0.717) is 6.61 Å². The molecule has 0 bridgehead atoms. The van der Waals surface area contributed by atoms with Gasteiger partial charge in [-0.3, -0.25) is 0 Å². The lowest BCUT2D eigenvalue weighted by molar-refractivity contribution is 0.138. The van der Waals surface area contributed by atoms with Crippen LogP contribution < -0.4 is 0 Å². The Bertz CT molecular complexity index is 286. The third-order valence-electron chi connectivity index (χ3n) is 2.07. The summed E-state index contributed by atoms with van der Waals surface area (Å²) in [6.07, 6.45) is 1.25. The number of thiazole rings is 1. The van der Waals surface area contributed by atoms with Crippen molar-refractivity contribution >= 4 is 11.3 Å². The molecule has 14 heavy (non-hydrogen) atoms. The summed E-state index contributed by atoms with van der Waals surface area (Å²) in [4.78, 5) is 5.29. The largest absolute Gasteiger partial charge is 0.388 e. The van der Waals surface area contributed by atoms with Gasteiger partial charge in [-0.1, -0.05) is 0 Å². The SMILES string of the molecule is COCCCC(O)c1sc(C)nc1C. The van der Waals surface area contributed by atoms with Crippen LogP contribution >= 0.6 is 11.3 Å². The molecule has 1 rings (SSSR count).